The summed E-state index contributed by atoms with van der Waals surface area (Å²) in [5, 5.41) is 7.66. The van der Waals surface area contributed by atoms with Crippen molar-refractivity contribution in [3.05, 3.63) is 46.2 Å². The molecule has 1 saturated heterocycles. The summed E-state index contributed by atoms with van der Waals surface area (Å²) in [5.41, 5.74) is 3.09. The van der Waals surface area contributed by atoms with Crippen molar-refractivity contribution < 1.29 is 14.3 Å². The second-order valence-electron chi connectivity index (χ2n) is 6.64. The number of hydrogen-bond donors (Lipinski definition) is 2. The number of anilines is 2. The highest BCUT2D eigenvalue weighted by Crippen LogP contribution is 2.27. The summed E-state index contributed by atoms with van der Waals surface area (Å²) in [6.45, 7) is 4.23. The summed E-state index contributed by atoms with van der Waals surface area (Å²) in [6, 6.07) is 8.99. The van der Waals surface area contributed by atoms with E-state index in [1.807, 2.05) is 29.6 Å². The van der Waals surface area contributed by atoms with Gasteiger partial charge in [-0.15, -0.1) is 11.3 Å². The zero-order valence-electron chi connectivity index (χ0n) is 15.7. The van der Waals surface area contributed by atoms with E-state index in [0.717, 1.165) is 29.2 Å². The van der Waals surface area contributed by atoms with E-state index >= 15 is 0 Å². The van der Waals surface area contributed by atoms with Crippen molar-refractivity contribution >= 4 is 34.7 Å². The number of esters is 1. The highest BCUT2D eigenvalue weighted by atomic mass is 32.1. The van der Waals surface area contributed by atoms with Gasteiger partial charge in [-0.2, -0.15) is 0 Å². The quantitative estimate of drug-likeness (QED) is 0.733. The van der Waals surface area contributed by atoms with Gasteiger partial charge in [0.2, 0.25) is 0 Å². The largest absolute Gasteiger partial charge is 0.469 e. The zero-order valence-corrected chi connectivity index (χ0v) is 16.5. The van der Waals surface area contributed by atoms with Crippen LogP contribution >= 0.6 is 11.3 Å². The van der Waals surface area contributed by atoms with Gasteiger partial charge in [0, 0.05) is 29.3 Å². The maximum atomic E-state index is 12.5. The summed E-state index contributed by atoms with van der Waals surface area (Å²) in [4.78, 5) is 27.4. The summed E-state index contributed by atoms with van der Waals surface area (Å²) in [5.74, 6) is -0.362. The van der Waals surface area contributed by atoms with Crippen LogP contribution in [0.5, 0.6) is 0 Å². The predicted molar refractivity (Wildman–Crippen MR) is 108 cm³/mol. The third-order valence-electron chi connectivity index (χ3n) is 4.69. The van der Waals surface area contributed by atoms with Gasteiger partial charge in [-0.3, -0.25) is 4.79 Å². The molecule has 0 bridgehead atoms. The number of ether oxygens (including phenoxy) is 1. The van der Waals surface area contributed by atoms with Crippen molar-refractivity contribution in [1.29, 1.82) is 0 Å². The van der Waals surface area contributed by atoms with Gasteiger partial charge in [-0.05, 0) is 55.0 Å². The molecule has 0 saturated carbocycles. The Morgan fingerprint density at radius 1 is 1.26 bits per heavy atom. The monoisotopic (exact) mass is 387 g/mol. The molecule has 1 aromatic carbocycles. The van der Waals surface area contributed by atoms with Crippen LogP contribution in [0.15, 0.2) is 35.7 Å². The van der Waals surface area contributed by atoms with Crippen LogP contribution in [-0.4, -0.2) is 32.2 Å². The minimum Gasteiger partial charge on any atom is -0.469 e. The van der Waals surface area contributed by atoms with Gasteiger partial charge in [0.05, 0.1) is 19.6 Å². The molecule has 1 atom stereocenters. The summed E-state index contributed by atoms with van der Waals surface area (Å²) in [6.07, 6.45) is 2.55. The van der Waals surface area contributed by atoms with Crippen molar-refractivity contribution in [2.45, 2.75) is 32.2 Å². The first kappa shape index (κ1) is 19.2. The van der Waals surface area contributed by atoms with E-state index in [1.165, 1.54) is 37.0 Å². The molecule has 144 valence electrons. The van der Waals surface area contributed by atoms with Gasteiger partial charge in [-0.1, -0.05) is 6.07 Å². The van der Waals surface area contributed by atoms with Crippen molar-refractivity contribution in [1.82, 2.24) is 5.32 Å². The molecule has 1 aliphatic heterocycles. The number of aryl methyl sites for hydroxylation is 1. The molecule has 0 unspecified atom stereocenters. The van der Waals surface area contributed by atoms with Crippen LogP contribution in [0.1, 0.15) is 35.7 Å². The Hall–Kier alpha value is -2.54. The number of benzene rings is 1. The Balaban J connectivity index is 1.64. The smallest absolute Gasteiger partial charge is 0.319 e. The third-order valence-corrected chi connectivity index (χ3v) is 5.68. The molecule has 27 heavy (non-hydrogen) atoms. The molecular formula is C20H25N3O3S. The number of hydrogen-bond acceptors (Lipinski definition) is 5. The van der Waals surface area contributed by atoms with Crippen LogP contribution in [0.4, 0.5) is 16.2 Å². The third kappa shape index (κ3) is 5.01. The van der Waals surface area contributed by atoms with E-state index in [0.29, 0.717) is 0 Å². The van der Waals surface area contributed by atoms with E-state index in [4.69, 9.17) is 4.74 Å². The molecule has 1 fully saturated rings. The van der Waals surface area contributed by atoms with Gasteiger partial charge in [0.25, 0.3) is 0 Å². The van der Waals surface area contributed by atoms with Crippen LogP contribution in [0.25, 0.3) is 0 Å². The number of rotatable bonds is 6. The summed E-state index contributed by atoms with van der Waals surface area (Å²) >= 11 is 1.49. The van der Waals surface area contributed by atoms with Gasteiger partial charge in [0.1, 0.15) is 0 Å². The lowest BCUT2D eigenvalue weighted by Gasteiger charge is -2.21. The van der Waals surface area contributed by atoms with Gasteiger partial charge >= 0.3 is 12.0 Å². The fraction of sp³-hybridized carbons (Fsp3) is 0.400. The molecule has 7 heteroatoms. The number of amides is 2. The maximum absolute atomic E-state index is 12.5. The number of thiophene rings is 1. The Labute approximate surface area is 163 Å². The van der Waals surface area contributed by atoms with E-state index < -0.39 is 6.04 Å². The van der Waals surface area contributed by atoms with Gasteiger partial charge in [-0.25, -0.2) is 4.79 Å². The van der Waals surface area contributed by atoms with Crippen molar-refractivity contribution in [2.75, 3.05) is 30.4 Å². The van der Waals surface area contributed by atoms with Crippen LogP contribution in [0.2, 0.25) is 0 Å². The molecule has 0 spiro atoms. The average molecular weight is 388 g/mol. The van der Waals surface area contributed by atoms with Gasteiger partial charge < -0.3 is 20.3 Å². The summed E-state index contributed by atoms with van der Waals surface area (Å²) in [7, 11) is 1.35. The topological polar surface area (TPSA) is 70.7 Å². The second kappa shape index (κ2) is 8.90. The first-order valence-electron chi connectivity index (χ1n) is 9.10. The molecule has 0 radical (unpaired) electrons. The molecule has 1 aromatic heterocycles. The fourth-order valence-corrected chi connectivity index (χ4v) is 4.11. The molecule has 1 aliphatic rings. The number of urea groups is 1. The van der Waals surface area contributed by atoms with Crippen LogP contribution < -0.4 is 15.5 Å². The standard InChI is InChI=1S/C20H25N3O3S/c1-14-12-15(7-8-17(14)23-9-3-4-10-23)21-20(25)22-16(13-19(24)26-2)18-6-5-11-27-18/h5-8,11-12,16H,3-4,9-10,13H2,1-2H3,(H2,21,22,25)/t16-/m0/s1. The number of carbonyl (C=O) groups excluding carboxylic acids is 2. The first-order valence-corrected chi connectivity index (χ1v) is 9.98. The van der Waals surface area contributed by atoms with Crippen molar-refractivity contribution in [3.63, 3.8) is 0 Å². The number of methoxy groups -OCH3 is 1. The fourth-order valence-electron chi connectivity index (χ4n) is 3.33. The molecule has 3 rings (SSSR count). The number of nitrogens with zero attached hydrogens (tertiary/aromatic N) is 1. The molecule has 2 amide bonds. The Kier molecular flexibility index (Phi) is 6.34. The SMILES string of the molecule is COC(=O)C[C@H](NC(=O)Nc1ccc(N2CCCC2)c(C)c1)c1cccs1. The van der Waals surface area contributed by atoms with Gasteiger partial charge in [0.15, 0.2) is 0 Å². The maximum Gasteiger partial charge on any atom is 0.319 e. The highest BCUT2D eigenvalue weighted by Gasteiger charge is 2.20. The molecule has 6 nitrogen and oxygen atoms in total. The van der Waals surface area contributed by atoms with Crippen LogP contribution in [0.3, 0.4) is 0 Å². The number of nitrogens with one attached hydrogen (secondary N) is 2. The van der Waals surface area contributed by atoms with Crippen molar-refractivity contribution in [2.24, 2.45) is 0 Å². The minimum atomic E-state index is -0.414. The molecule has 2 aromatic rings. The first-order chi connectivity index (χ1) is 13.1. The highest BCUT2D eigenvalue weighted by molar-refractivity contribution is 7.10. The number of carbonyl (C=O) groups is 2. The average Bonchev–Trinajstić information content (AvgIpc) is 3.35. The lowest BCUT2D eigenvalue weighted by Crippen LogP contribution is -2.33. The Morgan fingerprint density at radius 2 is 2.04 bits per heavy atom. The van der Waals surface area contributed by atoms with Crippen LogP contribution in [0, 0.1) is 6.92 Å². The van der Waals surface area contributed by atoms with E-state index in [2.05, 4.69) is 28.5 Å². The Morgan fingerprint density at radius 3 is 2.67 bits per heavy atom. The molecule has 2 heterocycles. The lowest BCUT2D eigenvalue weighted by molar-refractivity contribution is -0.141. The minimum absolute atomic E-state index is 0.0946. The predicted octanol–water partition coefficient (Wildman–Crippen LogP) is 4.08. The van der Waals surface area contributed by atoms with Crippen molar-refractivity contribution in [3.8, 4) is 0 Å². The molecule has 0 aliphatic carbocycles. The Bertz CT molecular complexity index is 786. The summed E-state index contributed by atoms with van der Waals surface area (Å²) < 4.78 is 4.75. The normalized spacial score (nSPS) is 14.7. The molecular weight excluding hydrogens is 362 g/mol. The molecule has 2 N–H and O–H groups in total. The zero-order chi connectivity index (χ0) is 19.2. The lowest BCUT2D eigenvalue weighted by atomic mass is 10.1. The van der Waals surface area contributed by atoms with E-state index in [1.54, 1.807) is 0 Å². The van der Waals surface area contributed by atoms with E-state index in [9.17, 15) is 9.59 Å². The van der Waals surface area contributed by atoms with E-state index in [-0.39, 0.29) is 18.4 Å². The van der Waals surface area contributed by atoms with Crippen LogP contribution in [-0.2, 0) is 9.53 Å². The second-order valence-corrected chi connectivity index (χ2v) is 7.62.